The summed E-state index contributed by atoms with van der Waals surface area (Å²) in [6.45, 7) is 4.36. The summed E-state index contributed by atoms with van der Waals surface area (Å²) < 4.78 is 0. The summed E-state index contributed by atoms with van der Waals surface area (Å²) in [6, 6.07) is 19.0. The minimum Gasteiger partial charge on any atom is -0.347 e. The van der Waals surface area contributed by atoms with E-state index in [4.69, 9.17) is 0 Å². The van der Waals surface area contributed by atoms with Gasteiger partial charge in [0, 0.05) is 17.0 Å². The molecule has 0 aliphatic carbocycles. The van der Waals surface area contributed by atoms with Crippen molar-refractivity contribution in [2.75, 3.05) is 0 Å². The van der Waals surface area contributed by atoms with Crippen LogP contribution in [0.2, 0.25) is 0 Å². The van der Waals surface area contributed by atoms with E-state index in [9.17, 15) is 9.59 Å². The number of nitrogens with one attached hydrogen (secondary N) is 2. The highest BCUT2D eigenvalue weighted by Gasteiger charge is 2.15. The van der Waals surface area contributed by atoms with E-state index in [-0.39, 0.29) is 17.5 Å². The molecule has 3 rings (SSSR count). The van der Waals surface area contributed by atoms with E-state index in [2.05, 4.69) is 10.6 Å². The molecule has 0 atom stereocenters. The van der Waals surface area contributed by atoms with Crippen LogP contribution in [0.1, 0.15) is 31.9 Å². The lowest BCUT2D eigenvalue weighted by atomic mass is 10.1. The first-order valence-corrected chi connectivity index (χ1v) is 9.86. The minimum atomic E-state index is -0.324. The van der Waals surface area contributed by atoms with Gasteiger partial charge in [0.05, 0.1) is 0 Å². The molecule has 1 aromatic heterocycles. The Morgan fingerprint density at radius 1 is 0.964 bits per heavy atom. The summed E-state index contributed by atoms with van der Waals surface area (Å²) in [5, 5.41) is 7.57. The molecule has 0 aliphatic heterocycles. The number of aryl methyl sites for hydroxylation is 2. The Hall–Kier alpha value is -3.18. The summed E-state index contributed by atoms with van der Waals surface area (Å²) in [5.74, 6) is -0.635. The number of benzene rings is 2. The van der Waals surface area contributed by atoms with Crippen molar-refractivity contribution in [3.05, 3.63) is 98.9 Å². The SMILES string of the molecule is Cc1ccc(C(=O)N/C(=C\c2cccs2)C(=O)NCc2cccc(C)c2)cc1. The predicted molar refractivity (Wildman–Crippen MR) is 114 cm³/mol. The molecule has 2 N–H and O–H groups in total. The average molecular weight is 391 g/mol. The van der Waals surface area contributed by atoms with E-state index in [1.807, 2.05) is 67.8 Å². The van der Waals surface area contributed by atoms with Gasteiger partial charge in [0.25, 0.3) is 11.8 Å². The van der Waals surface area contributed by atoms with E-state index in [0.29, 0.717) is 12.1 Å². The molecule has 5 heteroatoms. The highest BCUT2D eigenvalue weighted by atomic mass is 32.1. The van der Waals surface area contributed by atoms with Crippen molar-refractivity contribution >= 4 is 29.2 Å². The fraction of sp³-hybridized carbons (Fsp3) is 0.130. The quantitative estimate of drug-likeness (QED) is 0.611. The molecule has 1 heterocycles. The van der Waals surface area contributed by atoms with Crippen LogP contribution in [-0.2, 0) is 11.3 Å². The Kier molecular flexibility index (Phi) is 6.40. The van der Waals surface area contributed by atoms with Crippen LogP contribution in [0.3, 0.4) is 0 Å². The molecular formula is C23H22N2O2S. The van der Waals surface area contributed by atoms with Gasteiger partial charge in [0.1, 0.15) is 5.70 Å². The lowest BCUT2D eigenvalue weighted by molar-refractivity contribution is -0.117. The third-order valence-corrected chi connectivity index (χ3v) is 4.99. The molecule has 142 valence electrons. The van der Waals surface area contributed by atoms with Gasteiger partial charge in [-0.15, -0.1) is 11.3 Å². The Bertz CT molecular complexity index is 990. The second-order valence-corrected chi connectivity index (χ2v) is 7.54. The smallest absolute Gasteiger partial charge is 0.268 e. The number of rotatable bonds is 6. The van der Waals surface area contributed by atoms with Gasteiger partial charge in [-0.1, -0.05) is 53.6 Å². The zero-order valence-electron chi connectivity index (χ0n) is 15.9. The third-order valence-electron chi connectivity index (χ3n) is 4.17. The third kappa shape index (κ3) is 5.41. The maximum absolute atomic E-state index is 12.8. The summed E-state index contributed by atoms with van der Waals surface area (Å²) >= 11 is 1.50. The monoisotopic (exact) mass is 390 g/mol. The van der Waals surface area contributed by atoms with Gasteiger partial charge < -0.3 is 10.6 Å². The molecule has 0 bridgehead atoms. The number of amides is 2. The second kappa shape index (κ2) is 9.15. The van der Waals surface area contributed by atoms with Gasteiger partial charge in [-0.05, 0) is 49.1 Å². The number of thiophene rings is 1. The van der Waals surface area contributed by atoms with E-state index in [1.54, 1.807) is 18.2 Å². The van der Waals surface area contributed by atoms with Crippen molar-refractivity contribution in [3.8, 4) is 0 Å². The standard InChI is InChI=1S/C23H22N2O2S/c1-16-8-10-19(11-9-16)22(26)25-21(14-20-7-4-12-28-20)23(27)24-15-18-6-3-5-17(2)13-18/h3-14H,15H2,1-2H3,(H,24,27)(H,25,26)/b21-14-. The van der Waals surface area contributed by atoms with Gasteiger partial charge in [0.2, 0.25) is 0 Å². The average Bonchev–Trinajstić information content (AvgIpc) is 3.19. The predicted octanol–water partition coefficient (Wildman–Crippen LogP) is 4.45. The Balaban J connectivity index is 1.75. The fourth-order valence-corrected chi connectivity index (χ4v) is 3.33. The molecule has 0 aliphatic rings. The van der Waals surface area contributed by atoms with Crippen molar-refractivity contribution in [2.45, 2.75) is 20.4 Å². The molecule has 0 spiro atoms. The molecule has 0 saturated heterocycles. The highest BCUT2D eigenvalue weighted by Crippen LogP contribution is 2.14. The van der Waals surface area contributed by atoms with Crippen molar-refractivity contribution in [1.29, 1.82) is 0 Å². The van der Waals surface area contributed by atoms with E-state index in [0.717, 1.165) is 21.6 Å². The van der Waals surface area contributed by atoms with Crippen molar-refractivity contribution < 1.29 is 9.59 Å². The molecule has 0 unspecified atom stereocenters. The molecule has 2 amide bonds. The lowest BCUT2D eigenvalue weighted by Gasteiger charge is -2.11. The van der Waals surface area contributed by atoms with Crippen LogP contribution >= 0.6 is 11.3 Å². The number of carbonyl (C=O) groups excluding carboxylic acids is 2. The Labute approximate surface area is 168 Å². The van der Waals surface area contributed by atoms with Crippen LogP contribution in [0, 0.1) is 13.8 Å². The second-order valence-electron chi connectivity index (χ2n) is 6.57. The van der Waals surface area contributed by atoms with Crippen LogP contribution in [-0.4, -0.2) is 11.8 Å². The van der Waals surface area contributed by atoms with Crippen molar-refractivity contribution in [3.63, 3.8) is 0 Å². The lowest BCUT2D eigenvalue weighted by Crippen LogP contribution is -2.34. The van der Waals surface area contributed by atoms with Crippen molar-refractivity contribution in [1.82, 2.24) is 10.6 Å². The van der Waals surface area contributed by atoms with E-state index in [1.165, 1.54) is 11.3 Å². The van der Waals surface area contributed by atoms with E-state index < -0.39 is 0 Å². The zero-order valence-corrected chi connectivity index (χ0v) is 16.7. The first-order valence-electron chi connectivity index (χ1n) is 8.98. The zero-order chi connectivity index (χ0) is 19.9. The van der Waals surface area contributed by atoms with Crippen LogP contribution in [0.5, 0.6) is 0 Å². The normalized spacial score (nSPS) is 11.1. The summed E-state index contributed by atoms with van der Waals surface area (Å²) in [6.07, 6.45) is 1.70. The van der Waals surface area contributed by atoms with Crippen LogP contribution in [0.15, 0.2) is 71.7 Å². The van der Waals surface area contributed by atoms with Crippen LogP contribution in [0.25, 0.3) is 6.08 Å². The first-order chi connectivity index (χ1) is 13.5. The Morgan fingerprint density at radius 3 is 2.43 bits per heavy atom. The molecule has 2 aromatic carbocycles. The van der Waals surface area contributed by atoms with Crippen LogP contribution in [0.4, 0.5) is 0 Å². The van der Waals surface area contributed by atoms with Crippen LogP contribution < -0.4 is 10.6 Å². The highest BCUT2D eigenvalue weighted by molar-refractivity contribution is 7.10. The summed E-state index contributed by atoms with van der Waals surface area (Å²) in [4.78, 5) is 26.2. The van der Waals surface area contributed by atoms with E-state index >= 15 is 0 Å². The topological polar surface area (TPSA) is 58.2 Å². The molecule has 3 aromatic rings. The largest absolute Gasteiger partial charge is 0.347 e. The maximum Gasteiger partial charge on any atom is 0.268 e. The molecule has 0 radical (unpaired) electrons. The molecule has 28 heavy (non-hydrogen) atoms. The van der Waals surface area contributed by atoms with Gasteiger partial charge in [-0.25, -0.2) is 0 Å². The molecule has 0 saturated carbocycles. The molecule has 0 fully saturated rings. The maximum atomic E-state index is 12.8. The van der Waals surface area contributed by atoms with Gasteiger partial charge in [-0.3, -0.25) is 9.59 Å². The number of hydrogen-bond donors (Lipinski definition) is 2. The summed E-state index contributed by atoms with van der Waals surface area (Å²) in [7, 11) is 0. The fourth-order valence-electron chi connectivity index (χ4n) is 2.67. The summed E-state index contributed by atoms with van der Waals surface area (Å²) in [5.41, 5.74) is 3.94. The van der Waals surface area contributed by atoms with Crippen molar-refractivity contribution in [2.24, 2.45) is 0 Å². The van der Waals surface area contributed by atoms with Gasteiger partial charge in [-0.2, -0.15) is 0 Å². The number of carbonyl (C=O) groups is 2. The Morgan fingerprint density at radius 2 is 1.75 bits per heavy atom. The first kappa shape index (κ1) is 19.6. The van der Waals surface area contributed by atoms with Gasteiger partial charge >= 0.3 is 0 Å². The molecule has 4 nitrogen and oxygen atoms in total. The van der Waals surface area contributed by atoms with Gasteiger partial charge in [0.15, 0.2) is 0 Å². The minimum absolute atomic E-state index is 0.223. The number of hydrogen-bond acceptors (Lipinski definition) is 3. The molecular weight excluding hydrogens is 368 g/mol.